The third kappa shape index (κ3) is 3.16. The van der Waals surface area contributed by atoms with Crippen LogP contribution in [0, 0.1) is 5.92 Å². The van der Waals surface area contributed by atoms with Gasteiger partial charge in [-0.1, -0.05) is 0 Å². The molecule has 2 atom stereocenters. The average molecular weight is 366 g/mol. The molecule has 1 aromatic rings. The monoisotopic (exact) mass is 366 g/mol. The smallest absolute Gasteiger partial charge is 0.307 e. The Morgan fingerprint density at radius 2 is 1.96 bits per heavy atom. The van der Waals surface area contributed by atoms with Crippen molar-refractivity contribution in [2.45, 2.75) is 44.0 Å². The summed E-state index contributed by atoms with van der Waals surface area (Å²) in [7, 11) is -3.77. The number of hydrogen-bond acceptors (Lipinski definition) is 4. The lowest BCUT2D eigenvalue weighted by molar-refractivity contribution is -0.143. The molecule has 0 aromatic heterocycles. The topological polar surface area (TPSA) is 95.0 Å². The molecule has 136 valence electrons. The van der Waals surface area contributed by atoms with Crippen molar-refractivity contribution in [1.29, 1.82) is 0 Å². The summed E-state index contributed by atoms with van der Waals surface area (Å²) in [5.41, 5.74) is 1.58. The number of rotatable bonds is 3. The number of benzene rings is 1. The molecule has 0 saturated carbocycles. The normalized spacial score (nSPS) is 24.2. The molecule has 1 saturated heterocycles. The molecule has 0 spiro atoms. The van der Waals surface area contributed by atoms with E-state index >= 15 is 0 Å². The second-order valence-electron chi connectivity index (χ2n) is 6.75. The number of hydrogen-bond donors (Lipinski definition) is 1. The Bertz CT molecular complexity index is 820. The van der Waals surface area contributed by atoms with Gasteiger partial charge in [-0.3, -0.25) is 9.59 Å². The maximum absolute atomic E-state index is 13.0. The van der Waals surface area contributed by atoms with Gasteiger partial charge in [0.25, 0.3) is 0 Å². The molecule has 2 aliphatic heterocycles. The zero-order chi connectivity index (χ0) is 18.4. The Hall–Kier alpha value is -1.93. The summed E-state index contributed by atoms with van der Waals surface area (Å²) in [4.78, 5) is 24.7. The fourth-order valence-electron chi connectivity index (χ4n) is 3.61. The summed E-state index contributed by atoms with van der Waals surface area (Å²) in [5.74, 6) is -1.70. The number of amides is 1. The van der Waals surface area contributed by atoms with Crippen LogP contribution in [0.2, 0.25) is 0 Å². The summed E-state index contributed by atoms with van der Waals surface area (Å²) < 4.78 is 27.4. The molecule has 2 aliphatic rings. The van der Waals surface area contributed by atoms with Gasteiger partial charge in [0.15, 0.2) is 0 Å². The first kappa shape index (κ1) is 17.9. The molecule has 0 aliphatic carbocycles. The highest BCUT2D eigenvalue weighted by molar-refractivity contribution is 7.89. The molecule has 0 bridgehead atoms. The minimum Gasteiger partial charge on any atom is -0.481 e. The Labute approximate surface area is 147 Å². The van der Waals surface area contributed by atoms with Crippen molar-refractivity contribution in [2.24, 2.45) is 5.92 Å². The van der Waals surface area contributed by atoms with E-state index in [9.17, 15) is 23.1 Å². The van der Waals surface area contributed by atoms with Gasteiger partial charge in [0.1, 0.15) is 0 Å². The van der Waals surface area contributed by atoms with Crippen LogP contribution in [0.1, 0.15) is 32.3 Å². The Balaban J connectivity index is 1.93. The SMILES string of the molecule is CC(=O)N1CCc2cc(S(=O)(=O)N3CC(C(=O)O)CCC3C)ccc21. The van der Waals surface area contributed by atoms with Crippen LogP contribution in [0.3, 0.4) is 0 Å². The molecule has 3 rings (SSSR count). The van der Waals surface area contributed by atoms with Crippen molar-refractivity contribution in [3.8, 4) is 0 Å². The fourth-order valence-corrected chi connectivity index (χ4v) is 5.37. The Morgan fingerprint density at radius 1 is 1.24 bits per heavy atom. The molecule has 7 nitrogen and oxygen atoms in total. The minimum atomic E-state index is -3.77. The number of fused-ring (bicyclic) bond motifs is 1. The van der Waals surface area contributed by atoms with Crippen molar-refractivity contribution in [1.82, 2.24) is 4.31 Å². The van der Waals surface area contributed by atoms with E-state index in [-0.39, 0.29) is 23.4 Å². The maximum atomic E-state index is 13.0. The zero-order valence-electron chi connectivity index (χ0n) is 14.3. The highest BCUT2D eigenvalue weighted by Gasteiger charge is 2.38. The van der Waals surface area contributed by atoms with Crippen LogP contribution in [0.25, 0.3) is 0 Å². The number of aliphatic carboxylic acids is 1. The van der Waals surface area contributed by atoms with E-state index in [2.05, 4.69) is 0 Å². The molecule has 1 aromatic carbocycles. The molecule has 2 heterocycles. The van der Waals surface area contributed by atoms with Crippen molar-refractivity contribution < 1.29 is 23.1 Å². The molecule has 1 N–H and O–H groups in total. The quantitative estimate of drug-likeness (QED) is 0.874. The number of carbonyl (C=O) groups is 2. The predicted molar refractivity (Wildman–Crippen MR) is 91.9 cm³/mol. The first-order valence-electron chi connectivity index (χ1n) is 8.37. The number of sulfonamides is 1. The molecular weight excluding hydrogens is 344 g/mol. The predicted octanol–water partition coefficient (Wildman–Crippen LogP) is 1.47. The van der Waals surface area contributed by atoms with Crippen molar-refractivity contribution in [2.75, 3.05) is 18.0 Å². The summed E-state index contributed by atoms with van der Waals surface area (Å²) in [5, 5.41) is 9.23. The molecule has 8 heteroatoms. The maximum Gasteiger partial charge on any atom is 0.307 e. The molecule has 0 radical (unpaired) electrons. The number of carbonyl (C=O) groups excluding carboxylic acids is 1. The van der Waals surface area contributed by atoms with Gasteiger partial charge < -0.3 is 10.0 Å². The number of carboxylic acids is 1. The van der Waals surface area contributed by atoms with Gasteiger partial charge in [-0.15, -0.1) is 0 Å². The van der Waals surface area contributed by atoms with Crippen LogP contribution in [0.15, 0.2) is 23.1 Å². The van der Waals surface area contributed by atoms with Gasteiger partial charge in [0.05, 0.1) is 10.8 Å². The van der Waals surface area contributed by atoms with Gasteiger partial charge in [-0.05, 0) is 49.9 Å². The van der Waals surface area contributed by atoms with E-state index in [1.54, 1.807) is 24.0 Å². The summed E-state index contributed by atoms with van der Waals surface area (Å²) in [6, 6.07) is 4.56. The largest absolute Gasteiger partial charge is 0.481 e. The van der Waals surface area contributed by atoms with E-state index < -0.39 is 21.9 Å². The second-order valence-corrected chi connectivity index (χ2v) is 8.64. The van der Waals surface area contributed by atoms with E-state index in [4.69, 9.17) is 0 Å². The summed E-state index contributed by atoms with van der Waals surface area (Å²) >= 11 is 0. The first-order valence-corrected chi connectivity index (χ1v) is 9.81. The van der Waals surface area contributed by atoms with Crippen LogP contribution in [0.4, 0.5) is 5.69 Å². The third-order valence-corrected chi connectivity index (χ3v) is 7.08. The van der Waals surface area contributed by atoms with Crippen molar-refractivity contribution in [3.63, 3.8) is 0 Å². The van der Waals surface area contributed by atoms with Crippen LogP contribution in [-0.2, 0) is 26.0 Å². The standard InChI is InChI=1S/C17H22N2O5S/c1-11-3-4-14(17(21)22)10-19(11)25(23,24)15-5-6-16-13(9-15)7-8-18(16)12(2)20/h5-6,9,11,14H,3-4,7-8,10H2,1-2H3,(H,21,22). The number of piperidine rings is 1. The molecule has 1 fully saturated rings. The molecule has 25 heavy (non-hydrogen) atoms. The lowest BCUT2D eigenvalue weighted by Gasteiger charge is -2.35. The van der Waals surface area contributed by atoms with Crippen molar-refractivity contribution >= 4 is 27.6 Å². The number of anilines is 1. The second kappa shape index (κ2) is 6.42. The number of carboxylic acid groups (broad SMARTS) is 1. The average Bonchev–Trinajstić information content (AvgIpc) is 2.98. The highest BCUT2D eigenvalue weighted by atomic mass is 32.2. The Morgan fingerprint density at radius 3 is 2.60 bits per heavy atom. The Kier molecular flexibility index (Phi) is 4.59. The minimum absolute atomic E-state index is 0.00448. The third-order valence-electron chi connectivity index (χ3n) is 5.11. The first-order chi connectivity index (χ1) is 11.7. The summed E-state index contributed by atoms with van der Waals surface area (Å²) in [6.45, 7) is 3.84. The van der Waals surface area contributed by atoms with Gasteiger partial charge in [-0.25, -0.2) is 8.42 Å². The van der Waals surface area contributed by atoms with Crippen LogP contribution in [-0.4, -0.2) is 48.8 Å². The van der Waals surface area contributed by atoms with Crippen LogP contribution in [0.5, 0.6) is 0 Å². The highest BCUT2D eigenvalue weighted by Crippen LogP contribution is 2.33. The van der Waals surface area contributed by atoms with E-state index in [1.807, 2.05) is 0 Å². The van der Waals surface area contributed by atoms with Gasteiger partial charge >= 0.3 is 5.97 Å². The number of nitrogens with zero attached hydrogens (tertiary/aromatic N) is 2. The molecule has 1 amide bonds. The van der Waals surface area contributed by atoms with Gasteiger partial charge in [0.2, 0.25) is 15.9 Å². The lowest BCUT2D eigenvalue weighted by Crippen LogP contribution is -2.47. The van der Waals surface area contributed by atoms with Gasteiger partial charge in [0, 0.05) is 31.7 Å². The van der Waals surface area contributed by atoms with E-state index in [0.717, 1.165) is 11.3 Å². The fraction of sp³-hybridized carbons (Fsp3) is 0.529. The van der Waals surface area contributed by atoms with Crippen LogP contribution >= 0.6 is 0 Å². The van der Waals surface area contributed by atoms with Crippen LogP contribution < -0.4 is 4.90 Å². The zero-order valence-corrected chi connectivity index (χ0v) is 15.1. The summed E-state index contributed by atoms with van der Waals surface area (Å²) in [6.07, 6.45) is 1.63. The van der Waals surface area contributed by atoms with Gasteiger partial charge in [-0.2, -0.15) is 4.31 Å². The lowest BCUT2D eigenvalue weighted by atomic mass is 9.96. The molecule has 2 unspecified atom stereocenters. The van der Waals surface area contributed by atoms with Crippen molar-refractivity contribution in [3.05, 3.63) is 23.8 Å². The molecular formula is C17H22N2O5S. The van der Waals surface area contributed by atoms with E-state index in [0.29, 0.717) is 25.8 Å². The van der Waals surface area contributed by atoms with E-state index in [1.165, 1.54) is 17.3 Å².